The number of hydrogen-bond acceptors (Lipinski definition) is 4. The summed E-state index contributed by atoms with van der Waals surface area (Å²) in [6.45, 7) is 1.70. The fourth-order valence-corrected chi connectivity index (χ4v) is 2.11. The normalized spacial score (nSPS) is 12.6. The summed E-state index contributed by atoms with van der Waals surface area (Å²) in [6.07, 6.45) is -0.466. The molecule has 1 amide bonds. The van der Waals surface area contributed by atoms with Crippen LogP contribution >= 0.6 is 11.3 Å². The van der Waals surface area contributed by atoms with Crippen molar-refractivity contribution < 1.29 is 9.53 Å². The zero-order valence-electron chi connectivity index (χ0n) is 9.06. The van der Waals surface area contributed by atoms with Crippen LogP contribution in [0.15, 0.2) is 24.3 Å². The standard InChI is InChI=1S/C11H12N2O2S/c1-7(15-2)10(14)13-11-12-8-5-3-4-6-9(8)16-11/h3-7H,1-2H3,(H,12,13,14). The first-order chi connectivity index (χ1) is 7.70. The van der Waals surface area contributed by atoms with Crippen LogP contribution in [0.2, 0.25) is 0 Å². The van der Waals surface area contributed by atoms with Gasteiger partial charge in [0, 0.05) is 7.11 Å². The second kappa shape index (κ2) is 4.59. The number of aromatic nitrogens is 1. The Morgan fingerprint density at radius 3 is 2.94 bits per heavy atom. The molecule has 2 rings (SSSR count). The molecule has 1 aromatic heterocycles. The van der Waals surface area contributed by atoms with Crippen molar-refractivity contribution in [2.45, 2.75) is 13.0 Å². The van der Waals surface area contributed by atoms with E-state index >= 15 is 0 Å². The van der Waals surface area contributed by atoms with Gasteiger partial charge in [-0.2, -0.15) is 0 Å². The number of methoxy groups -OCH3 is 1. The van der Waals surface area contributed by atoms with Gasteiger partial charge in [0.2, 0.25) is 0 Å². The summed E-state index contributed by atoms with van der Waals surface area (Å²) in [6, 6.07) is 7.76. The molecule has 84 valence electrons. The van der Waals surface area contributed by atoms with Gasteiger partial charge >= 0.3 is 0 Å². The number of nitrogens with one attached hydrogen (secondary N) is 1. The van der Waals surface area contributed by atoms with Gasteiger partial charge in [-0.1, -0.05) is 23.5 Å². The Morgan fingerprint density at radius 2 is 2.25 bits per heavy atom. The summed E-state index contributed by atoms with van der Waals surface area (Å²) in [7, 11) is 1.50. The van der Waals surface area contributed by atoms with Crippen molar-refractivity contribution in [3.05, 3.63) is 24.3 Å². The number of thiazole rings is 1. The molecule has 1 heterocycles. The summed E-state index contributed by atoms with van der Waals surface area (Å²) >= 11 is 1.45. The fourth-order valence-electron chi connectivity index (χ4n) is 1.24. The zero-order valence-corrected chi connectivity index (χ0v) is 9.88. The average Bonchev–Trinajstić information content (AvgIpc) is 2.69. The van der Waals surface area contributed by atoms with Crippen molar-refractivity contribution in [2.24, 2.45) is 0 Å². The first kappa shape index (κ1) is 11.0. The van der Waals surface area contributed by atoms with Crippen LogP contribution in [0, 0.1) is 0 Å². The highest BCUT2D eigenvalue weighted by molar-refractivity contribution is 7.22. The van der Waals surface area contributed by atoms with E-state index in [1.165, 1.54) is 18.4 Å². The Morgan fingerprint density at radius 1 is 1.50 bits per heavy atom. The highest BCUT2D eigenvalue weighted by Gasteiger charge is 2.13. The monoisotopic (exact) mass is 236 g/mol. The number of carbonyl (C=O) groups excluding carboxylic acids is 1. The fraction of sp³-hybridized carbons (Fsp3) is 0.273. The van der Waals surface area contributed by atoms with Crippen LogP contribution in [0.1, 0.15) is 6.92 Å². The molecule has 0 bridgehead atoms. The highest BCUT2D eigenvalue weighted by atomic mass is 32.1. The number of fused-ring (bicyclic) bond motifs is 1. The average molecular weight is 236 g/mol. The summed E-state index contributed by atoms with van der Waals surface area (Å²) in [4.78, 5) is 15.9. The lowest BCUT2D eigenvalue weighted by molar-refractivity contribution is -0.124. The number of nitrogens with zero attached hydrogens (tertiary/aromatic N) is 1. The number of para-hydroxylation sites is 1. The van der Waals surface area contributed by atoms with E-state index in [4.69, 9.17) is 4.74 Å². The van der Waals surface area contributed by atoms with Gasteiger partial charge in [-0.15, -0.1) is 0 Å². The minimum atomic E-state index is -0.466. The first-order valence-corrected chi connectivity index (χ1v) is 5.71. The van der Waals surface area contributed by atoms with Gasteiger partial charge in [0.25, 0.3) is 5.91 Å². The Balaban J connectivity index is 2.18. The topological polar surface area (TPSA) is 51.2 Å². The molecule has 1 aromatic carbocycles. The number of hydrogen-bond donors (Lipinski definition) is 1. The van der Waals surface area contributed by atoms with Crippen LogP contribution in [-0.4, -0.2) is 24.1 Å². The van der Waals surface area contributed by atoms with E-state index in [-0.39, 0.29) is 5.91 Å². The van der Waals surface area contributed by atoms with E-state index in [0.29, 0.717) is 5.13 Å². The zero-order chi connectivity index (χ0) is 11.5. The number of amides is 1. The van der Waals surface area contributed by atoms with E-state index in [1.54, 1.807) is 6.92 Å². The van der Waals surface area contributed by atoms with Crippen molar-refractivity contribution in [3.63, 3.8) is 0 Å². The molecule has 0 spiro atoms. The molecule has 1 N–H and O–H groups in total. The van der Waals surface area contributed by atoms with Gasteiger partial charge in [0.05, 0.1) is 10.2 Å². The van der Waals surface area contributed by atoms with Crippen LogP contribution < -0.4 is 5.32 Å². The second-order valence-corrected chi connectivity index (χ2v) is 4.38. The Labute approximate surface area is 97.3 Å². The Kier molecular flexibility index (Phi) is 3.17. The maximum Gasteiger partial charge on any atom is 0.254 e. The minimum Gasteiger partial charge on any atom is -0.372 e. The van der Waals surface area contributed by atoms with Crippen LogP contribution in [0.25, 0.3) is 10.2 Å². The first-order valence-electron chi connectivity index (χ1n) is 4.90. The van der Waals surface area contributed by atoms with Crippen molar-refractivity contribution in [3.8, 4) is 0 Å². The third kappa shape index (κ3) is 2.20. The minimum absolute atomic E-state index is 0.179. The molecule has 0 fully saturated rings. The van der Waals surface area contributed by atoms with Gasteiger partial charge in [-0.05, 0) is 19.1 Å². The van der Waals surface area contributed by atoms with Crippen molar-refractivity contribution in [1.82, 2.24) is 4.98 Å². The second-order valence-electron chi connectivity index (χ2n) is 3.35. The van der Waals surface area contributed by atoms with Crippen molar-refractivity contribution >= 4 is 32.6 Å². The molecule has 0 aliphatic carbocycles. The van der Waals surface area contributed by atoms with Gasteiger partial charge in [-0.25, -0.2) is 4.98 Å². The van der Waals surface area contributed by atoms with Crippen molar-refractivity contribution in [1.29, 1.82) is 0 Å². The summed E-state index contributed by atoms with van der Waals surface area (Å²) in [5.74, 6) is -0.179. The molecule has 0 saturated heterocycles. The molecule has 16 heavy (non-hydrogen) atoms. The predicted octanol–water partition coefficient (Wildman–Crippen LogP) is 2.27. The van der Waals surface area contributed by atoms with E-state index in [9.17, 15) is 4.79 Å². The summed E-state index contributed by atoms with van der Waals surface area (Å²) in [5.41, 5.74) is 0.896. The molecular weight excluding hydrogens is 224 g/mol. The summed E-state index contributed by atoms with van der Waals surface area (Å²) in [5, 5.41) is 3.33. The number of anilines is 1. The van der Waals surface area contributed by atoms with Crippen LogP contribution in [-0.2, 0) is 9.53 Å². The Hall–Kier alpha value is -1.46. The van der Waals surface area contributed by atoms with Crippen LogP contribution in [0.4, 0.5) is 5.13 Å². The number of carbonyl (C=O) groups is 1. The molecule has 1 unspecified atom stereocenters. The SMILES string of the molecule is COC(C)C(=O)Nc1nc2ccccc2s1. The Bertz CT molecular complexity index is 476. The number of ether oxygens (including phenoxy) is 1. The van der Waals surface area contributed by atoms with Gasteiger partial charge in [0.1, 0.15) is 6.10 Å². The van der Waals surface area contributed by atoms with E-state index in [1.807, 2.05) is 24.3 Å². The summed E-state index contributed by atoms with van der Waals surface area (Å²) < 4.78 is 5.98. The van der Waals surface area contributed by atoms with Crippen LogP contribution in [0.3, 0.4) is 0 Å². The third-order valence-corrected chi connectivity index (χ3v) is 3.20. The van der Waals surface area contributed by atoms with Gasteiger partial charge < -0.3 is 4.74 Å². The quantitative estimate of drug-likeness (QED) is 0.889. The maximum atomic E-state index is 11.6. The van der Waals surface area contributed by atoms with Crippen molar-refractivity contribution in [2.75, 3.05) is 12.4 Å². The van der Waals surface area contributed by atoms with Crippen LogP contribution in [0.5, 0.6) is 0 Å². The number of rotatable bonds is 3. The third-order valence-electron chi connectivity index (χ3n) is 2.25. The smallest absolute Gasteiger partial charge is 0.254 e. The lowest BCUT2D eigenvalue weighted by atomic mass is 10.3. The molecular formula is C11H12N2O2S. The molecule has 4 nitrogen and oxygen atoms in total. The van der Waals surface area contributed by atoms with E-state index in [0.717, 1.165) is 10.2 Å². The van der Waals surface area contributed by atoms with Gasteiger partial charge in [-0.3, -0.25) is 10.1 Å². The maximum absolute atomic E-state index is 11.6. The molecule has 0 saturated carbocycles. The molecule has 1 atom stereocenters. The molecule has 0 aliphatic rings. The molecule has 2 aromatic rings. The number of benzene rings is 1. The molecule has 5 heteroatoms. The largest absolute Gasteiger partial charge is 0.372 e. The van der Waals surface area contributed by atoms with E-state index in [2.05, 4.69) is 10.3 Å². The lowest BCUT2D eigenvalue weighted by Crippen LogP contribution is -2.26. The van der Waals surface area contributed by atoms with Gasteiger partial charge in [0.15, 0.2) is 5.13 Å². The van der Waals surface area contributed by atoms with E-state index < -0.39 is 6.10 Å². The predicted molar refractivity (Wildman–Crippen MR) is 64.7 cm³/mol. The lowest BCUT2D eigenvalue weighted by Gasteiger charge is -2.07. The highest BCUT2D eigenvalue weighted by Crippen LogP contribution is 2.25. The molecule has 0 radical (unpaired) electrons. The molecule has 0 aliphatic heterocycles.